The summed E-state index contributed by atoms with van der Waals surface area (Å²) in [6.45, 7) is -0.0788. The number of nitrogens with one attached hydrogen (secondary N) is 1. The molecule has 1 fully saturated rings. The molecule has 2 rings (SSSR count). The van der Waals surface area contributed by atoms with Crippen molar-refractivity contribution < 1.29 is 20.1 Å². The lowest BCUT2D eigenvalue weighted by molar-refractivity contribution is -0.178. The predicted molar refractivity (Wildman–Crippen MR) is 62.5 cm³/mol. The van der Waals surface area contributed by atoms with E-state index in [9.17, 15) is 15.3 Å². The Balaban J connectivity index is 2.12. The molecule has 1 aromatic rings. The molecule has 0 aromatic heterocycles. The van der Waals surface area contributed by atoms with Gasteiger partial charge in [-0.15, -0.1) is 0 Å². The average Bonchev–Trinajstić information content (AvgIpc) is 2.40. The highest BCUT2D eigenvalue weighted by atomic mass is 16.5. The first-order valence-electron chi connectivity index (χ1n) is 5.55. The number of rotatable bonds is 2. The molecular weight excluding hydrogens is 236 g/mol. The van der Waals surface area contributed by atoms with Crippen molar-refractivity contribution in [2.45, 2.75) is 24.5 Å². The van der Waals surface area contributed by atoms with Crippen molar-refractivity contribution in [2.75, 3.05) is 11.9 Å². The van der Waals surface area contributed by atoms with Gasteiger partial charge < -0.3 is 25.4 Å². The van der Waals surface area contributed by atoms with Crippen molar-refractivity contribution in [3.63, 3.8) is 0 Å². The van der Waals surface area contributed by atoms with E-state index < -0.39 is 24.5 Å². The Morgan fingerprint density at radius 2 is 1.94 bits per heavy atom. The van der Waals surface area contributed by atoms with Gasteiger partial charge in [0.2, 0.25) is 0 Å². The van der Waals surface area contributed by atoms with E-state index in [1.807, 2.05) is 6.07 Å². The zero-order valence-electron chi connectivity index (χ0n) is 9.52. The Hall–Kier alpha value is -1.65. The molecule has 6 heteroatoms. The Bertz CT molecular complexity index is 460. The zero-order chi connectivity index (χ0) is 13.1. The van der Waals surface area contributed by atoms with Crippen molar-refractivity contribution in [1.29, 1.82) is 5.26 Å². The molecule has 1 aromatic carbocycles. The zero-order valence-corrected chi connectivity index (χ0v) is 9.52. The summed E-state index contributed by atoms with van der Waals surface area (Å²) in [7, 11) is 0. The molecule has 6 nitrogen and oxygen atoms in total. The maximum absolute atomic E-state index is 9.75. The van der Waals surface area contributed by atoms with Crippen LogP contribution in [0.5, 0.6) is 0 Å². The third-order valence-corrected chi connectivity index (χ3v) is 2.85. The molecular formula is C12H14N2O4. The van der Waals surface area contributed by atoms with Crippen molar-refractivity contribution in [3.05, 3.63) is 29.8 Å². The van der Waals surface area contributed by atoms with Crippen molar-refractivity contribution in [3.8, 4) is 6.07 Å². The quantitative estimate of drug-likeness (QED) is 0.559. The lowest BCUT2D eigenvalue weighted by Crippen LogP contribution is -2.55. The van der Waals surface area contributed by atoms with Gasteiger partial charge in [-0.3, -0.25) is 0 Å². The fraction of sp³-hybridized carbons (Fsp3) is 0.417. The van der Waals surface area contributed by atoms with Crippen LogP contribution in [-0.4, -0.2) is 46.5 Å². The summed E-state index contributed by atoms with van der Waals surface area (Å²) < 4.78 is 5.20. The smallest absolute Gasteiger partial charge is 0.156 e. The summed E-state index contributed by atoms with van der Waals surface area (Å²) in [6, 6.07) is 8.77. The number of nitrogens with zero attached hydrogens (tertiary/aromatic N) is 1. The molecule has 0 amide bonds. The van der Waals surface area contributed by atoms with Crippen LogP contribution in [0, 0.1) is 11.3 Å². The van der Waals surface area contributed by atoms with Crippen LogP contribution in [0.2, 0.25) is 0 Å². The first kappa shape index (κ1) is 12.8. The summed E-state index contributed by atoms with van der Waals surface area (Å²) >= 11 is 0. The van der Waals surface area contributed by atoms with Crippen molar-refractivity contribution in [1.82, 2.24) is 0 Å². The van der Waals surface area contributed by atoms with Gasteiger partial charge in [-0.05, 0) is 12.1 Å². The number of ether oxygens (including phenoxy) is 1. The maximum Gasteiger partial charge on any atom is 0.156 e. The normalized spacial score (nSPS) is 31.7. The van der Waals surface area contributed by atoms with Gasteiger partial charge in [-0.1, -0.05) is 12.1 Å². The Kier molecular flexibility index (Phi) is 3.79. The fourth-order valence-corrected chi connectivity index (χ4v) is 1.79. The van der Waals surface area contributed by atoms with Crippen LogP contribution in [-0.2, 0) is 4.74 Å². The summed E-state index contributed by atoms with van der Waals surface area (Å²) in [5.74, 6) is 0. The maximum atomic E-state index is 9.75. The van der Waals surface area contributed by atoms with E-state index in [1.165, 1.54) is 0 Å². The summed E-state index contributed by atoms with van der Waals surface area (Å²) in [5, 5.41) is 40.4. The van der Waals surface area contributed by atoms with E-state index in [0.29, 0.717) is 11.3 Å². The number of benzene rings is 1. The Labute approximate surface area is 104 Å². The second-order valence-electron chi connectivity index (χ2n) is 4.10. The summed E-state index contributed by atoms with van der Waals surface area (Å²) in [6.07, 6.45) is -4.51. The molecule has 0 saturated carbocycles. The van der Waals surface area contributed by atoms with Crippen LogP contribution in [0.3, 0.4) is 0 Å². The van der Waals surface area contributed by atoms with E-state index in [1.54, 1.807) is 24.3 Å². The number of aliphatic hydroxyl groups is 3. The molecule has 4 atom stereocenters. The van der Waals surface area contributed by atoms with Gasteiger partial charge in [0.25, 0.3) is 0 Å². The number of hydrogen-bond donors (Lipinski definition) is 4. The summed E-state index contributed by atoms with van der Waals surface area (Å²) in [5.41, 5.74) is 0.918. The van der Waals surface area contributed by atoms with Gasteiger partial charge in [0.1, 0.15) is 24.4 Å². The van der Waals surface area contributed by atoms with Crippen molar-refractivity contribution in [2.24, 2.45) is 0 Å². The predicted octanol–water partition coefficient (Wildman–Crippen LogP) is -0.591. The molecule has 18 heavy (non-hydrogen) atoms. The van der Waals surface area contributed by atoms with Crippen LogP contribution in [0.25, 0.3) is 0 Å². The van der Waals surface area contributed by atoms with E-state index in [0.717, 1.165) is 0 Å². The second-order valence-corrected chi connectivity index (χ2v) is 4.10. The molecule has 1 saturated heterocycles. The lowest BCUT2D eigenvalue weighted by atomic mass is 10.0. The topological polar surface area (TPSA) is 106 Å². The minimum Gasteiger partial charge on any atom is -0.388 e. The van der Waals surface area contributed by atoms with Crippen LogP contribution < -0.4 is 5.32 Å². The Morgan fingerprint density at radius 3 is 2.67 bits per heavy atom. The highest BCUT2D eigenvalue weighted by Crippen LogP contribution is 2.20. The third-order valence-electron chi connectivity index (χ3n) is 2.85. The van der Waals surface area contributed by atoms with Crippen LogP contribution in [0.15, 0.2) is 24.3 Å². The second kappa shape index (κ2) is 5.33. The standard InChI is InChI=1S/C12H14N2O4/c13-5-7-3-1-2-4-8(7)14-12-11(17)10(16)9(15)6-18-12/h1-4,9-12,14-17H,6H2/t9-,10-,11-,12+/m1/s1. The minimum absolute atomic E-state index is 0.0788. The molecule has 0 spiro atoms. The summed E-state index contributed by atoms with van der Waals surface area (Å²) in [4.78, 5) is 0. The number of anilines is 1. The monoisotopic (exact) mass is 250 g/mol. The van der Waals surface area contributed by atoms with Gasteiger partial charge in [0, 0.05) is 0 Å². The Morgan fingerprint density at radius 1 is 1.22 bits per heavy atom. The molecule has 1 aliphatic heterocycles. The average molecular weight is 250 g/mol. The molecule has 96 valence electrons. The van der Waals surface area contributed by atoms with Crippen LogP contribution >= 0.6 is 0 Å². The number of nitriles is 1. The molecule has 1 heterocycles. The molecule has 0 unspecified atom stereocenters. The molecule has 0 aliphatic carbocycles. The van der Waals surface area contributed by atoms with E-state index >= 15 is 0 Å². The van der Waals surface area contributed by atoms with Crippen LogP contribution in [0.1, 0.15) is 5.56 Å². The van der Waals surface area contributed by atoms with Gasteiger partial charge in [0.05, 0.1) is 17.9 Å². The first-order valence-corrected chi connectivity index (χ1v) is 5.55. The molecule has 1 aliphatic rings. The fourth-order valence-electron chi connectivity index (χ4n) is 1.79. The van der Waals surface area contributed by atoms with E-state index in [2.05, 4.69) is 5.32 Å². The largest absolute Gasteiger partial charge is 0.388 e. The van der Waals surface area contributed by atoms with Gasteiger partial charge in [-0.2, -0.15) is 5.26 Å². The van der Waals surface area contributed by atoms with Crippen LogP contribution in [0.4, 0.5) is 5.69 Å². The first-order chi connectivity index (χ1) is 8.63. The molecule has 4 N–H and O–H groups in total. The lowest BCUT2D eigenvalue weighted by Gasteiger charge is -2.36. The number of aliphatic hydroxyl groups excluding tert-OH is 3. The van der Waals surface area contributed by atoms with Crippen molar-refractivity contribution >= 4 is 5.69 Å². The van der Waals surface area contributed by atoms with E-state index in [4.69, 9.17) is 10.00 Å². The van der Waals surface area contributed by atoms with Gasteiger partial charge in [-0.25, -0.2) is 0 Å². The number of para-hydroxylation sites is 1. The number of hydrogen-bond acceptors (Lipinski definition) is 6. The molecule has 0 radical (unpaired) electrons. The van der Waals surface area contributed by atoms with Gasteiger partial charge in [0.15, 0.2) is 6.23 Å². The highest BCUT2D eigenvalue weighted by molar-refractivity contribution is 5.57. The van der Waals surface area contributed by atoms with E-state index in [-0.39, 0.29) is 6.61 Å². The SMILES string of the molecule is N#Cc1ccccc1N[C@H]1OC[C@@H](O)[C@@H](O)[C@H]1O. The highest BCUT2D eigenvalue weighted by Gasteiger charge is 2.37. The van der Waals surface area contributed by atoms with Gasteiger partial charge >= 0.3 is 0 Å². The third kappa shape index (κ3) is 2.44. The minimum atomic E-state index is -1.27. The molecule has 0 bridgehead atoms.